The molecule has 1 aromatic heterocycles. The van der Waals surface area contributed by atoms with Crippen molar-refractivity contribution in [3.05, 3.63) is 81.0 Å². The summed E-state index contributed by atoms with van der Waals surface area (Å²) in [6.45, 7) is 11.7. The minimum Gasteiger partial charge on any atom is -0.358 e. The van der Waals surface area contributed by atoms with Gasteiger partial charge in [0.25, 0.3) is 0 Å². The van der Waals surface area contributed by atoms with Crippen molar-refractivity contribution in [3.63, 3.8) is 0 Å². The largest absolute Gasteiger partial charge is 0.358 e. The minimum atomic E-state index is -4.16. The molecule has 1 heterocycles. The van der Waals surface area contributed by atoms with Crippen LogP contribution in [0.2, 0.25) is 5.02 Å². The first kappa shape index (κ1) is 24.7. The quantitative estimate of drug-likeness (QED) is 0.303. The highest BCUT2D eigenvalue weighted by Crippen LogP contribution is 2.33. The molecule has 0 N–H and O–H groups in total. The van der Waals surface area contributed by atoms with Gasteiger partial charge in [0, 0.05) is 17.1 Å². The highest BCUT2D eigenvalue weighted by molar-refractivity contribution is 7.87. The second-order valence-electron chi connectivity index (χ2n) is 8.08. The summed E-state index contributed by atoms with van der Waals surface area (Å²) in [5.74, 6) is -0.501. The summed E-state index contributed by atoms with van der Waals surface area (Å²) in [6, 6.07) is 9.63. The zero-order valence-corrected chi connectivity index (χ0v) is 21.1. The number of aromatic nitrogens is 2. The number of carbonyl (C=O) groups is 1. The zero-order chi connectivity index (χ0) is 24.5. The van der Waals surface area contributed by atoms with Crippen LogP contribution >= 0.6 is 11.6 Å². The van der Waals surface area contributed by atoms with E-state index in [0.717, 1.165) is 22.3 Å². The zero-order valence-electron chi connectivity index (χ0n) is 19.6. The van der Waals surface area contributed by atoms with Gasteiger partial charge in [0.05, 0.1) is 6.20 Å². The molecule has 0 bridgehead atoms. The fraction of sp³-hybridized carbons (Fsp3) is 0.280. The standard InChI is InChI=1S/C25H27ClN2O4S/c1-7-28-25(32-33(30,31)19-10-8-16(4)9-11-19)21(14-27-28)24(29)20-12-13-22(26)23(18(20)6)17(5)15(2)3/h8-14H,7H2,1-6H3. The molecule has 0 saturated carbocycles. The van der Waals surface area contributed by atoms with Gasteiger partial charge in [-0.2, -0.15) is 13.5 Å². The Morgan fingerprint density at radius 2 is 1.67 bits per heavy atom. The maximum atomic E-state index is 13.6. The van der Waals surface area contributed by atoms with Crippen LogP contribution in [0.25, 0.3) is 5.57 Å². The van der Waals surface area contributed by atoms with Gasteiger partial charge < -0.3 is 4.18 Å². The Hall–Kier alpha value is -2.90. The molecule has 33 heavy (non-hydrogen) atoms. The summed E-state index contributed by atoms with van der Waals surface area (Å²) in [4.78, 5) is 13.6. The molecule has 0 radical (unpaired) electrons. The van der Waals surface area contributed by atoms with Gasteiger partial charge >= 0.3 is 10.1 Å². The van der Waals surface area contributed by atoms with Crippen molar-refractivity contribution in [2.24, 2.45) is 0 Å². The van der Waals surface area contributed by atoms with E-state index in [1.54, 1.807) is 31.2 Å². The number of halogens is 1. The molecule has 0 unspecified atom stereocenters. The molecule has 174 valence electrons. The van der Waals surface area contributed by atoms with Gasteiger partial charge in [0.2, 0.25) is 5.88 Å². The van der Waals surface area contributed by atoms with Gasteiger partial charge in [-0.15, -0.1) is 0 Å². The lowest BCUT2D eigenvalue weighted by atomic mass is 9.92. The molecule has 0 aliphatic carbocycles. The van der Waals surface area contributed by atoms with Crippen molar-refractivity contribution in [2.75, 3.05) is 0 Å². The van der Waals surface area contributed by atoms with Crippen molar-refractivity contribution >= 4 is 33.1 Å². The van der Waals surface area contributed by atoms with E-state index in [2.05, 4.69) is 5.10 Å². The van der Waals surface area contributed by atoms with Crippen LogP contribution in [-0.4, -0.2) is 24.0 Å². The van der Waals surface area contributed by atoms with Crippen LogP contribution in [0.15, 0.2) is 53.1 Å². The van der Waals surface area contributed by atoms with Gasteiger partial charge in [0.1, 0.15) is 10.5 Å². The average molecular weight is 487 g/mol. The van der Waals surface area contributed by atoms with Crippen molar-refractivity contribution in [3.8, 4) is 5.88 Å². The molecule has 0 amide bonds. The number of hydrogen-bond donors (Lipinski definition) is 0. The number of ketones is 1. The van der Waals surface area contributed by atoms with E-state index < -0.39 is 10.1 Å². The van der Waals surface area contributed by atoms with Crippen LogP contribution in [0.3, 0.4) is 0 Å². The van der Waals surface area contributed by atoms with Crippen LogP contribution in [0.4, 0.5) is 0 Å². The molecule has 0 aliphatic heterocycles. The smallest absolute Gasteiger partial charge is 0.340 e. The lowest BCUT2D eigenvalue weighted by Gasteiger charge is -2.15. The topological polar surface area (TPSA) is 78.3 Å². The lowest BCUT2D eigenvalue weighted by Crippen LogP contribution is -2.15. The number of nitrogens with zero attached hydrogens (tertiary/aromatic N) is 2. The number of allylic oxidation sites excluding steroid dienone is 2. The third-order valence-corrected chi connectivity index (χ3v) is 7.16. The van der Waals surface area contributed by atoms with Crippen LogP contribution in [-0.2, 0) is 16.7 Å². The highest BCUT2D eigenvalue weighted by atomic mass is 35.5. The molecular weight excluding hydrogens is 460 g/mol. The van der Waals surface area contributed by atoms with E-state index in [0.29, 0.717) is 22.7 Å². The molecule has 6 nitrogen and oxygen atoms in total. The van der Waals surface area contributed by atoms with Crippen LogP contribution < -0.4 is 4.18 Å². The van der Waals surface area contributed by atoms with Crippen LogP contribution in [0.5, 0.6) is 5.88 Å². The molecule has 8 heteroatoms. The van der Waals surface area contributed by atoms with Crippen molar-refractivity contribution in [1.82, 2.24) is 9.78 Å². The predicted molar refractivity (Wildman–Crippen MR) is 130 cm³/mol. The highest BCUT2D eigenvalue weighted by Gasteiger charge is 2.27. The van der Waals surface area contributed by atoms with E-state index in [1.165, 1.54) is 23.0 Å². The monoisotopic (exact) mass is 486 g/mol. The molecule has 0 aliphatic rings. The van der Waals surface area contributed by atoms with Crippen molar-refractivity contribution in [2.45, 2.75) is 53.0 Å². The van der Waals surface area contributed by atoms with Crippen LogP contribution in [0.1, 0.15) is 60.3 Å². The molecule has 0 spiro atoms. The molecule has 3 rings (SSSR count). The van der Waals surface area contributed by atoms with Gasteiger partial charge in [-0.05, 0) is 82.5 Å². The van der Waals surface area contributed by atoms with Gasteiger partial charge in [-0.25, -0.2) is 4.68 Å². The predicted octanol–water partition coefficient (Wildman–Crippen LogP) is 5.99. The molecule has 3 aromatic rings. The lowest BCUT2D eigenvalue weighted by molar-refractivity contribution is 0.103. The molecular formula is C25H27ClN2O4S. The number of rotatable bonds is 7. The first-order valence-corrected chi connectivity index (χ1v) is 12.3. The number of benzene rings is 2. The second kappa shape index (κ2) is 9.53. The number of carbonyl (C=O) groups excluding carboxylic acids is 1. The fourth-order valence-electron chi connectivity index (χ4n) is 3.48. The summed E-state index contributed by atoms with van der Waals surface area (Å²) in [6.07, 6.45) is 1.34. The normalized spacial score (nSPS) is 11.4. The summed E-state index contributed by atoms with van der Waals surface area (Å²) < 4.78 is 32.7. The third-order valence-electron chi connectivity index (χ3n) is 5.62. The minimum absolute atomic E-state index is 0.000468. The Morgan fingerprint density at radius 3 is 2.24 bits per heavy atom. The first-order valence-electron chi connectivity index (χ1n) is 10.5. The molecule has 0 saturated heterocycles. The van der Waals surface area contributed by atoms with E-state index in [1.807, 2.05) is 34.6 Å². The van der Waals surface area contributed by atoms with Gasteiger partial charge in [-0.3, -0.25) is 4.79 Å². The molecule has 0 atom stereocenters. The average Bonchev–Trinajstić information content (AvgIpc) is 3.15. The number of aryl methyl sites for hydroxylation is 2. The number of hydrogen-bond acceptors (Lipinski definition) is 5. The molecule has 2 aromatic carbocycles. The maximum absolute atomic E-state index is 13.6. The second-order valence-corrected chi connectivity index (χ2v) is 10.0. The summed E-state index contributed by atoms with van der Waals surface area (Å²) in [5.41, 5.74) is 4.96. The van der Waals surface area contributed by atoms with E-state index >= 15 is 0 Å². The van der Waals surface area contributed by atoms with Crippen molar-refractivity contribution < 1.29 is 17.4 Å². The Balaban J connectivity index is 2.10. The fourth-order valence-corrected chi connectivity index (χ4v) is 4.78. The van der Waals surface area contributed by atoms with E-state index in [-0.39, 0.29) is 22.1 Å². The Kier molecular flexibility index (Phi) is 7.14. The Bertz CT molecular complexity index is 1350. The van der Waals surface area contributed by atoms with Crippen molar-refractivity contribution in [1.29, 1.82) is 0 Å². The van der Waals surface area contributed by atoms with Crippen LogP contribution in [0, 0.1) is 13.8 Å². The Morgan fingerprint density at radius 1 is 1.03 bits per heavy atom. The summed E-state index contributed by atoms with van der Waals surface area (Å²) in [5, 5.41) is 4.72. The van der Waals surface area contributed by atoms with Gasteiger partial charge in [-0.1, -0.05) is 34.9 Å². The molecule has 0 fully saturated rings. The maximum Gasteiger partial charge on any atom is 0.340 e. The first-order chi connectivity index (χ1) is 15.5. The van der Waals surface area contributed by atoms with E-state index in [9.17, 15) is 13.2 Å². The Labute approximate surface area is 200 Å². The summed E-state index contributed by atoms with van der Waals surface area (Å²) in [7, 11) is -4.16. The third kappa shape index (κ3) is 4.89. The SMILES string of the molecule is CCn1ncc(C(=O)c2ccc(Cl)c(C(C)=C(C)C)c2C)c1OS(=O)(=O)c1ccc(C)cc1. The summed E-state index contributed by atoms with van der Waals surface area (Å²) >= 11 is 6.45. The van der Waals surface area contributed by atoms with E-state index in [4.69, 9.17) is 15.8 Å². The van der Waals surface area contributed by atoms with Gasteiger partial charge in [0.15, 0.2) is 5.78 Å².